The first-order chi connectivity index (χ1) is 7.22. The highest BCUT2D eigenvalue weighted by Crippen LogP contribution is 2.09. The summed E-state index contributed by atoms with van der Waals surface area (Å²) in [6, 6.07) is 5.46. The van der Waals surface area contributed by atoms with Gasteiger partial charge in [0.2, 0.25) is 5.88 Å². The summed E-state index contributed by atoms with van der Waals surface area (Å²) in [7, 11) is 0. The summed E-state index contributed by atoms with van der Waals surface area (Å²) in [5, 5.41) is 8.57. The van der Waals surface area contributed by atoms with Crippen molar-refractivity contribution < 1.29 is 4.74 Å². The minimum absolute atomic E-state index is 0.560. The van der Waals surface area contributed by atoms with E-state index in [9.17, 15) is 0 Å². The number of nitriles is 1. The van der Waals surface area contributed by atoms with Crippen LogP contribution in [-0.2, 0) is 0 Å². The molecule has 0 radical (unpaired) electrons. The molecule has 0 saturated heterocycles. The largest absolute Gasteiger partial charge is 0.478 e. The second-order valence-corrected chi connectivity index (χ2v) is 3.88. The van der Waals surface area contributed by atoms with E-state index in [0.29, 0.717) is 24.0 Å². The van der Waals surface area contributed by atoms with Crippen molar-refractivity contribution in [1.82, 2.24) is 4.98 Å². The van der Waals surface area contributed by atoms with Gasteiger partial charge >= 0.3 is 0 Å². The molecule has 0 aliphatic carbocycles. The molecular formula is C12H16N2O. The summed E-state index contributed by atoms with van der Waals surface area (Å²) >= 11 is 0. The second-order valence-electron chi connectivity index (χ2n) is 3.88. The number of nitrogens with zero attached hydrogens (tertiary/aromatic N) is 2. The van der Waals surface area contributed by atoms with Crippen molar-refractivity contribution in [3.05, 3.63) is 23.9 Å². The molecule has 0 unspecified atom stereocenters. The van der Waals surface area contributed by atoms with E-state index in [4.69, 9.17) is 10.00 Å². The molecule has 0 amide bonds. The minimum atomic E-state index is 0.560. The van der Waals surface area contributed by atoms with Crippen LogP contribution in [-0.4, -0.2) is 11.6 Å². The molecule has 0 fully saturated rings. The van der Waals surface area contributed by atoms with Gasteiger partial charge in [-0.1, -0.05) is 13.8 Å². The van der Waals surface area contributed by atoms with Gasteiger partial charge in [0.15, 0.2) is 0 Å². The van der Waals surface area contributed by atoms with Crippen molar-refractivity contribution in [3.63, 3.8) is 0 Å². The van der Waals surface area contributed by atoms with Crippen molar-refractivity contribution >= 4 is 0 Å². The summed E-state index contributed by atoms with van der Waals surface area (Å²) in [5.74, 6) is 1.31. The maximum atomic E-state index is 8.57. The van der Waals surface area contributed by atoms with E-state index in [1.807, 2.05) is 6.07 Å². The number of pyridine rings is 1. The lowest BCUT2D eigenvalue weighted by atomic mass is 10.1. The lowest BCUT2D eigenvalue weighted by Crippen LogP contribution is -2.00. The number of rotatable bonds is 5. The molecule has 1 rings (SSSR count). The topological polar surface area (TPSA) is 45.9 Å². The van der Waals surface area contributed by atoms with Crippen LogP contribution in [0.3, 0.4) is 0 Å². The van der Waals surface area contributed by atoms with Gasteiger partial charge in [0.25, 0.3) is 0 Å². The van der Waals surface area contributed by atoms with Crippen LogP contribution < -0.4 is 4.74 Å². The highest BCUT2D eigenvalue weighted by Gasteiger charge is 1.97. The molecular weight excluding hydrogens is 188 g/mol. The van der Waals surface area contributed by atoms with Crippen LogP contribution in [0.15, 0.2) is 18.3 Å². The van der Waals surface area contributed by atoms with Crippen molar-refractivity contribution in [2.24, 2.45) is 5.92 Å². The van der Waals surface area contributed by atoms with Gasteiger partial charge in [-0.3, -0.25) is 0 Å². The Labute approximate surface area is 90.7 Å². The van der Waals surface area contributed by atoms with E-state index in [-0.39, 0.29) is 0 Å². The summed E-state index contributed by atoms with van der Waals surface area (Å²) in [6.07, 6.45) is 3.73. The summed E-state index contributed by atoms with van der Waals surface area (Å²) < 4.78 is 5.44. The molecule has 0 aliphatic heterocycles. The van der Waals surface area contributed by atoms with Gasteiger partial charge < -0.3 is 4.74 Å². The van der Waals surface area contributed by atoms with Crippen LogP contribution in [0.5, 0.6) is 5.88 Å². The van der Waals surface area contributed by atoms with E-state index < -0.39 is 0 Å². The van der Waals surface area contributed by atoms with Gasteiger partial charge in [-0.05, 0) is 24.8 Å². The Morgan fingerprint density at radius 1 is 1.47 bits per heavy atom. The lowest BCUT2D eigenvalue weighted by Gasteiger charge is -2.06. The molecule has 3 heteroatoms. The van der Waals surface area contributed by atoms with Gasteiger partial charge in [-0.25, -0.2) is 4.98 Å². The molecule has 0 saturated carbocycles. The molecule has 1 aromatic heterocycles. The fourth-order valence-corrected chi connectivity index (χ4v) is 1.20. The van der Waals surface area contributed by atoms with Gasteiger partial charge in [0.05, 0.1) is 12.2 Å². The quantitative estimate of drug-likeness (QED) is 0.693. The Hall–Kier alpha value is -1.56. The number of hydrogen-bond acceptors (Lipinski definition) is 3. The van der Waals surface area contributed by atoms with Crippen LogP contribution in [0.4, 0.5) is 0 Å². The number of hydrogen-bond donors (Lipinski definition) is 0. The molecule has 0 aromatic carbocycles. The van der Waals surface area contributed by atoms with Crippen LogP contribution in [0.25, 0.3) is 0 Å². The Bertz CT molecular complexity index is 324. The van der Waals surface area contributed by atoms with Crippen LogP contribution in [0, 0.1) is 17.2 Å². The first-order valence-corrected chi connectivity index (χ1v) is 5.21. The molecule has 3 nitrogen and oxygen atoms in total. The van der Waals surface area contributed by atoms with Crippen molar-refractivity contribution in [2.75, 3.05) is 6.61 Å². The molecule has 1 aromatic rings. The standard InChI is InChI=1S/C12H16N2O/c1-10(2)4-3-7-15-12-6-5-11(8-13)9-14-12/h5-6,9-10H,3-4,7H2,1-2H3. The SMILES string of the molecule is CC(C)CCCOc1ccc(C#N)cn1. The van der Waals surface area contributed by atoms with E-state index >= 15 is 0 Å². The third-order valence-electron chi connectivity index (χ3n) is 2.04. The Balaban J connectivity index is 2.29. The average molecular weight is 204 g/mol. The summed E-state index contributed by atoms with van der Waals surface area (Å²) in [5.41, 5.74) is 0.560. The summed E-state index contributed by atoms with van der Waals surface area (Å²) in [6.45, 7) is 5.08. The van der Waals surface area contributed by atoms with E-state index in [1.165, 1.54) is 6.20 Å². The zero-order valence-corrected chi connectivity index (χ0v) is 9.23. The summed E-state index contributed by atoms with van der Waals surface area (Å²) in [4.78, 5) is 4.02. The van der Waals surface area contributed by atoms with Crippen molar-refractivity contribution in [3.8, 4) is 11.9 Å². The normalized spacial score (nSPS) is 10.0. The molecule has 0 bridgehead atoms. The van der Waals surface area contributed by atoms with Crippen molar-refractivity contribution in [2.45, 2.75) is 26.7 Å². The first-order valence-electron chi connectivity index (χ1n) is 5.21. The Morgan fingerprint density at radius 2 is 2.27 bits per heavy atom. The maximum absolute atomic E-state index is 8.57. The lowest BCUT2D eigenvalue weighted by molar-refractivity contribution is 0.287. The predicted octanol–water partition coefficient (Wildman–Crippen LogP) is 2.77. The van der Waals surface area contributed by atoms with Gasteiger partial charge in [-0.2, -0.15) is 5.26 Å². The monoisotopic (exact) mass is 204 g/mol. The second kappa shape index (κ2) is 6.02. The molecule has 0 atom stereocenters. The van der Waals surface area contributed by atoms with Crippen molar-refractivity contribution in [1.29, 1.82) is 5.26 Å². The molecule has 15 heavy (non-hydrogen) atoms. The minimum Gasteiger partial charge on any atom is -0.478 e. The third kappa shape index (κ3) is 4.46. The maximum Gasteiger partial charge on any atom is 0.213 e. The van der Waals surface area contributed by atoms with Crippen LogP contribution in [0.2, 0.25) is 0 Å². The van der Waals surface area contributed by atoms with Gasteiger partial charge in [0, 0.05) is 12.3 Å². The van der Waals surface area contributed by atoms with E-state index in [0.717, 1.165) is 12.8 Å². The van der Waals surface area contributed by atoms with Gasteiger partial charge in [-0.15, -0.1) is 0 Å². The molecule has 1 heterocycles. The zero-order chi connectivity index (χ0) is 11.1. The fraction of sp³-hybridized carbons (Fsp3) is 0.500. The highest BCUT2D eigenvalue weighted by atomic mass is 16.5. The fourth-order valence-electron chi connectivity index (χ4n) is 1.20. The first kappa shape index (κ1) is 11.5. The van der Waals surface area contributed by atoms with Crippen LogP contribution >= 0.6 is 0 Å². The Morgan fingerprint density at radius 3 is 2.80 bits per heavy atom. The molecule has 0 spiro atoms. The molecule has 0 N–H and O–H groups in total. The molecule has 0 aliphatic rings. The predicted molar refractivity (Wildman–Crippen MR) is 58.5 cm³/mol. The molecule has 80 valence electrons. The number of aromatic nitrogens is 1. The van der Waals surface area contributed by atoms with E-state index in [2.05, 4.69) is 18.8 Å². The zero-order valence-electron chi connectivity index (χ0n) is 9.23. The van der Waals surface area contributed by atoms with E-state index in [1.54, 1.807) is 12.1 Å². The highest BCUT2D eigenvalue weighted by molar-refractivity contribution is 5.28. The third-order valence-corrected chi connectivity index (χ3v) is 2.04. The smallest absolute Gasteiger partial charge is 0.213 e. The van der Waals surface area contributed by atoms with Gasteiger partial charge in [0.1, 0.15) is 6.07 Å². The Kier molecular flexibility index (Phi) is 4.62. The number of ether oxygens (including phenoxy) is 1. The average Bonchev–Trinajstić information content (AvgIpc) is 2.25. The van der Waals surface area contributed by atoms with Crippen LogP contribution in [0.1, 0.15) is 32.3 Å².